The molecule has 0 fully saturated rings. The Morgan fingerprint density at radius 1 is 0.318 bits per heavy atom. The van der Waals surface area contributed by atoms with Crippen molar-refractivity contribution in [2.24, 2.45) is 0 Å². The second-order valence-corrected chi connectivity index (χ2v) is 11.5. The van der Waals surface area contributed by atoms with Gasteiger partial charge in [0.05, 0.1) is 0 Å². The minimum atomic E-state index is -0.153. The van der Waals surface area contributed by atoms with Gasteiger partial charge in [-0.2, -0.15) is 0 Å². The highest BCUT2D eigenvalue weighted by atomic mass is 16.1. The van der Waals surface area contributed by atoms with E-state index in [-0.39, 0.29) is 11.6 Å². The Balaban J connectivity index is 1.48. The molecule has 0 saturated carbocycles. The molecule has 0 bridgehead atoms. The zero-order valence-electron chi connectivity index (χ0n) is 23.7. The van der Waals surface area contributed by atoms with E-state index in [1.807, 2.05) is 103 Å². The molecule has 0 aromatic heterocycles. The standard InChI is InChI=1S/C42H24O2/c43-41(33-21-5-12-25-10-1-3-17-29(25)33)36-24-28-16-9-20-32-31-19-7-14-27-15-8-23-35(37(27)31)39(38(28)32)40(36)42(44)34-22-6-13-26-11-2-4-18-30(26)34/h1-24H. The van der Waals surface area contributed by atoms with Gasteiger partial charge in [-0.3, -0.25) is 9.59 Å². The van der Waals surface area contributed by atoms with E-state index in [0.717, 1.165) is 64.6 Å². The van der Waals surface area contributed by atoms with Crippen LogP contribution in [-0.4, -0.2) is 11.6 Å². The van der Waals surface area contributed by atoms with Gasteiger partial charge < -0.3 is 0 Å². The van der Waals surface area contributed by atoms with Crippen LogP contribution >= 0.6 is 0 Å². The largest absolute Gasteiger partial charge is 0.289 e. The van der Waals surface area contributed by atoms with E-state index in [4.69, 9.17) is 0 Å². The summed E-state index contributed by atoms with van der Waals surface area (Å²) in [6, 6.07) is 48.3. The van der Waals surface area contributed by atoms with Crippen molar-refractivity contribution in [1.82, 2.24) is 0 Å². The summed E-state index contributed by atoms with van der Waals surface area (Å²) in [6.07, 6.45) is 0. The quantitative estimate of drug-likeness (QED) is 0.122. The minimum absolute atomic E-state index is 0.145. The molecule has 0 aliphatic carbocycles. The first-order valence-electron chi connectivity index (χ1n) is 14.9. The molecule has 9 rings (SSSR count). The van der Waals surface area contributed by atoms with Gasteiger partial charge in [0.2, 0.25) is 0 Å². The summed E-state index contributed by atoms with van der Waals surface area (Å²) >= 11 is 0. The van der Waals surface area contributed by atoms with Gasteiger partial charge in [-0.25, -0.2) is 0 Å². The highest BCUT2D eigenvalue weighted by Crippen LogP contribution is 2.44. The van der Waals surface area contributed by atoms with Crippen molar-refractivity contribution in [3.8, 4) is 0 Å². The van der Waals surface area contributed by atoms with Crippen molar-refractivity contribution >= 4 is 76.2 Å². The van der Waals surface area contributed by atoms with Crippen LogP contribution < -0.4 is 0 Å². The first kappa shape index (κ1) is 24.7. The second-order valence-electron chi connectivity index (χ2n) is 11.5. The van der Waals surface area contributed by atoms with E-state index < -0.39 is 0 Å². The minimum Gasteiger partial charge on any atom is -0.289 e. The highest BCUT2D eigenvalue weighted by molar-refractivity contribution is 6.40. The zero-order valence-corrected chi connectivity index (χ0v) is 23.7. The van der Waals surface area contributed by atoms with Crippen molar-refractivity contribution in [3.63, 3.8) is 0 Å². The van der Waals surface area contributed by atoms with Crippen molar-refractivity contribution in [1.29, 1.82) is 0 Å². The molecular weight excluding hydrogens is 536 g/mol. The molecule has 0 unspecified atom stereocenters. The van der Waals surface area contributed by atoms with Crippen LogP contribution in [0, 0.1) is 0 Å². The van der Waals surface area contributed by atoms with Gasteiger partial charge in [0.15, 0.2) is 11.6 Å². The smallest absolute Gasteiger partial charge is 0.195 e. The van der Waals surface area contributed by atoms with Gasteiger partial charge >= 0.3 is 0 Å². The number of ketones is 2. The molecule has 9 aromatic rings. The lowest BCUT2D eigenvalue weighted by Gasteiger charge is -2.20. The maximum absolute atomic E-state index is 15.1. The molecular formula is C42H24O2. The topological polar surface area (TPSA) is 34.1 Å². The van der Waals surface area contributed by atoms with E-state index in [1.165, 1.54) is 0 Å². The second kappa shape index (κ2) is 9.32. The lowest BCUT2D eigenvalue weighted by molar-refractivity contribution is 0.101. The molecule has 44 heavy (non-hydrogen) atoms. The maximum atomic E-state index is 15.1. The van der Waals surface area contributed by atoms with Crippen LogP contribution in [-0.2, 0) is 0 Å². The lowest BCUT2D eigenvalue weighted by Crippen LogP contribution is -2.13. The Morgan fingerprint density at radius 3 is 1.43 bits per heavy atom. The molecule has 0 aliphatic rings. The summed E-state index contributed by atoms with van der Waals surface area (Å²) in [6.45, 7) is 0. The molecule has 2 heteroatoms. The molecule has 0 spiro atoms. The number of hydrogen-bond donors (Lipinski definition) is 0. The number of carbonyl (C=O) groups is 2. The van der Waals surface area contributed by atoms with Crippen LogP contribution in [0.4, 0.5) is 0 Å². The van der Waals surface area contributed by atoms with Gasteiger partial charge in [-0.05, 0) is 65.3 Å². The predicted molar refractivity (Wildman–Crippen MR) is 182 cm³/mol. The number of benzene rings is 9. The van der Waals surface area contributed by atoms with Gasteiger partial charge in [-0.1, -0.05) is 140 Å². The summed E-state index contributed by atoms with van der Waals surface area (Å²) < 4.78 is 0. The van der Waals surface area contributed by atoms with Crippen LogP contribution in [0.5, 0.6) is 0 Å². The molecule has 0 saturated heterocycles. The van der Waals surface area contributed by atoms with Gasteiger partial charge in [-0.15, -0.1) is 0 Å². The number of fused-ring (bicyclic) bond motifs is 4. The molecule has 0 N–H and O–H groups in total. The van der Waals surface area contributed by atoms with Crippen LogP contribution in [0.1, 0.15) is 31.8 Å². The van der Waals surface area contributed by atoms with Crippen LogP contribution in [0.15, 0.2) is 146 Å². The molecule has 0 aliphatic heterocycles. The van der Waals surface area contributed by atoms with Crippen molar-refractivity contribution in [3.05, 3.63) is 168 Å². The summed E-state index contributed by atoms with van der Waals surface area (Å²) in [5.74, 6) is -0.298. The van der Waals surface area contributed by atoms with Gasteiger partial charge in [0.25, 0.3) is 0 Å². The number of carbonyl (C=O) groups excluding carboxylic acids is 2. The van der Waals surface area contributed by atoms with Crippen molar-refractivity contribution < 1.29 is 9.59 Å². The lowest BCUT2D eigenvalue weighted by atomic mass is 9.81. The Bertz CT molecular complexity index is 2630. The molecule has 9 aromatic carbocycles. The van der Waals surface area contributed by atoms with E-state index in [2.05, 4.69) is 42.5 Å². The third-order valence-electron chi connectivity index (χ3n) is 9.17. The number of rotatable bonds is 4. The summed E-state index contributed by atoms with van der Waals surface area (Å²) in [4.78, 5) is 29.9. The number of hydrogen-bond acceptors (Lipinski definition) is 2. The third kappa shape index (κ3) is 3.43. The van der Waals surface area contributed by atoms with E-state index in [1.54, 1.807) is 0 Å². The fraction of sp³-hybridized carbons (Fsp3) is 0. The van der Waals surface area contributed by atoms with Crippen LogP contribution in [0.3, 0.4) is 0 Å². The summed E-state index contributed by atoms with van der Waals surface area (Å²) in [5.41, 5.74) is 2.07. The normalized spacial score (nSPS) is 11.8. The highest BCUT2D eigenvalue weighted by Gasteiger charge is 2.28. The Hall–Kier alpha value is -5.86. The van der Waals surface area contributed by atoms with Crippen LogP contribution in [0.2, 0.25) is 0 Å². The van der Waals surface area contributed by atoms with Gasteiger partial charge in [0, 0.05) is 27.6 Å². The monoisotopic (exact) mass is 560 g/mol. The summed E-state index contributed by atoms with van der Waals surface area (Å²) in [7, 11) is 0. The van der Waals surface area contributed by atoms with Gasteiger partial charge in [0.1, 0.15) is 0 Å². The first-order chi connectivity index (χ1) is 21.7. The molecule has 0 amide bonds. The van der Waals surface area contributed by atoms with Crippen molar-refractivity contribution in [2.45, 2.75) is 0 Å². The van der Waals surface area contributed by atoms with E-state index >= 15 is 4.79 Å². The van der Waals surface area contributed by atoms with Crippen LogP contribution in [0.25, 0.3) is 64.6 Å². The van der Waals surface area contributed by atoms with Crippen molar-refractivity contribution in [2.75, 3.05) is 0 Å². The Morgan fingerprint density at radius 2 is 0.773 bits per heavy atom. The zero-order chi connectivity index (χ0) is 29.4. The fourth-order valence-corrected chi connectivity index (χ4v) is 7.27. The third-order valence-corrected chi connectivity index (χ3v) is 9.17. The molecule has 0 heterocycles. The Kier molecular flexibility index (Phi) is 5.24. The SMILES string of the molecule is O=C(c1cc2cccc3c4cccc5cccc(c(c1C(=O)c1cccc6ccccc16)c23)c54)c1cccc2ccccc12. The molecule has 0 atom stereocenters. The molecule has 2 nitrogen and oxygen atoms in total. The molecule has 0 radical (unpaired) electrons. The Labute approximate surface area is 253 Å². The predicted octanol–water partition coefficient (Wildman–Crippen LogP) is 10.5. The summed E-state index contributed by atoms with van der Waals surface area (Å²) in [5, 5.41) is 11.9. The molecule has 204 valence electrons. The van der Waals surface area contributed by atoms with E-state index in [0.29, 0.717) is 22.3 Å². The van der Waals surface area contributed by atoms with E-state index in [9.17, 15) is 4.79 Å². The average molecular weight is 561 g/mol. The maximum Gasteiger partial charge on any atom is 0.195 e. The first-order valence-corrected chi connectivity index (χ1v) is 14.9. The average Bonchev–Trinajstić information content (AvgIpc) is 3.08. The fourth-order valence-electron chi connectivity index (χ4n) is 7.27.